The molecule has 3 heterocycles. The Balaban J connectivity index is 1.10. The Morgan fingerprint density at radius 2 is 1.76 bits per heavy atom. The number of carbonyl (C=O) groups is 3. The summed E-state index contributed by atoms with van der Waals surface area (Å²) in [6.45, 7) is -0.0807. The number of hydrogen-bond acceptors (Lipinski definition) is 5. The third-order valence-corrected chi connectivity index (χ3v) is 8.94. The summed E-state index contributed by atoms with van der Waals surface area (Å²) in [5.74, 6) is 0.251. The summed E-state index contributed by atoms with van der Waals surface area (Å²) in [4.78, 5) is 45.8. The number of anilines is 3. The highest BCUT2D eigenvalue weighted by atomic mass is 16.3. The number of para-hydroxylation sites is 1. The molecular weight excluding hydrogens is 480 g/mol. The van der Waals surface area contributed by atoms with E-state index in [2.05, 4.69) is 15.6 Å². The molecule has 3 amide bonds. The van der Waals surface area contributed by atoms with Crippen LogP contribution in [0.5, 0.6) is 0 Å². The maximum Gasteiger partial charge on any atom is 0.244 e. The predicted octanol–water partition coefficient (Wildman–Crippen LogP) is 3.23. The van der Waals surface area contributed by atoms with E-state index < -0.39 is 10.8 Å². The number of pyridine rings is 1. The molecule has 1 saturated carbocycles. The molecule has 2 aliphatic carbocycles. The minimum atomic E-state index is -0.665. The number of nitrogens with zero attached hydrogens (tertiary/aromatic N) is 2. The maximum absolute atomic E-state index is 13.7. The highest BCUT2D eigenvalue weighted by Gasteiger charge is 2.53. The number of nitrogens with one attached hydrogen (secondary N) is 2. The fourth-order valence-corrected chi connectivity index (χ4v) is 7.02. The van der Waals surface area contributed by atoms with Gasteiger partial charge in [0.25, 0.3) is 0 Å². The van der Waals surface area contributed by atoms with Crippen LogP contribution in [0.25, 0.3) is 0 Å². The topological polar surface area (TPSA) is 112 Å². The van der Waals surface area contributed by atoms with Crippen molar-refractivity contribution in [2.45, 2.75) is 55.5 Å². The molecule has 0 bridgehead atoms. The van der Waals surface area contributed by atoms with E-state index in [-0.39, 0.29) is 30.4 Å². The molecule has 3 N–H and O–H groups in total. The smallest absolute Gasteiger partial charge is 0.244 e. The van der Waals surface area contributed by atoms with E-state index in [9.17, 15) is 19.5 Å². The van der Waals surface area contributed by atoms with E-state index in [0.717, 1.165) is 27.9 Å². The first kappa shape index (κ1) is 23.1. The summed E-state index contributed by atoms with van der Waals surface area (Å²) in [6.07, 6.45) is 4.76. The van der Waals surface area contributed by atoms with E-state index >= 15 is 0 Å². The third-order valence-electron chi connectivity index (χ3n) is 8.94. The van der Waals surface area contributed by atoms with Crippen LogP contribution >= 0.6 is 0 Å². The molecule has 38 heavy (non-hydrogen) atoms. The van der Waals surface area contributed by atoms with Gasteiger partial charge in [-0.1, -0.05) is 30.3 Å². The lowest BCUT2D eigenvalue weighted by Crippen LogP contribution is -2.45. The van der Waals surface area contributed by atoms with Gasteiger partial charge < -0.3 is 20.6 Å². The van der Waals surface area contributed by atoms with E-state index in [1.807, 2.05) is 54.6 Å². The number of carbonyl (C=O) groups excluding carboxylic acids is 3. The standard InChI is InChI=1S/C30H28N4O4/c35-21-9-11-29(12-10-21)22-4-1-2-6-24(22)34(28(29)38)17-25(36)32-20-8-7-18-15-30(16-19(18)14-20)23-5-3-13-31-26(23)33-27(30)37/h1-8,13-14,21,35H,9-12,15-17H2,(H,32,36)(H,31,33,37). The largest absolute Gasteiger partial charge is 0.393 e. The average molecular weight is 509 g/mol. The molecule has 2 aliphatic heterocycles. The first-order valence-corrected chi connectivity index (χ1v) is 13.2. The average Bonchev–Trinajstić information content (AvgIpc) is 3.51. The zero-order valence-corrected chi connectivity index (χ0v) is 20.9. The fraction of sp³-hybridized carbons (Fsp3) is 0.333. The van der Waals surface area contributed by atoms with Gasteiger partial charge in [-0.15, -0.1) is 0 Å². The van der Waals surface area contributed by atoms with Crippen LogP contribution in [0.3, 0.4) is 0 Å². The lowest BCUT2D eigenvalue weighted by molar-refractivity contribution is -0.126. The van der Waals surface area contributed by atoms with Crippen molar-refractivity contribution < 1.29 is 19.5 Å². The Morgan fingerprint density at radius 1 is 1.00 bits per heavy atom. The zero-order valence-electron chi connectivity index (χ0n) is 20.9. The van der Waals surface area contributed by atoms with Crippen molar-refractivity contribution in [2.24, 2.45) is 0 Å². The zero-order chi connectivity index (χ0) is 26.1. The molecule has 3 aromatic rings. The van der Waals surface area contributed by atoms with Crippen LogP contribution in [0.1, 0.15) is 47.9 Å². The summed E-state index contributed by atoms with van der Waals surface area (Å²) < 4.78 is 0. The Labute approximate surface area is 220 Å². The molecular formula is C30H28N4O4. The second-order valence-corrected chi connectivity index (χ2v) is 11.0. The number of amides is 3. The second-order valence-electron chi connectivity index (χ2n) is 11.0. The number of aliphatic hydroxyl groups excluding tert-OH is 1. The van der Waals surface area contributed by atoms with Crippen LogP contribution in [0.4, 0.5) is 17.2 Å². The molecule has 8 heteroatoms. The summed E-state index contributed by atoms with van der Waals surface area (Å²) >= 11 is 0. The number of fused-ring (bicyclic) bond motifs is 5. The number of hydrogen-bond donors (Lipinski definition) is 3. The molecule has 4 aliphatic rings. The van der Waals surface area contributed by atoms with E-state index in [4.69, 9.17) is 0 Å². The highest BCUT2D eigenvalue weighted by molar-refractivity contribution is 6.12. The molecule has 7 rings (SSSR count). The Kier molecular flexibility index (Phi) is 5.00. The van der Waals surface area contributed by atoms with Crippen molar-refractivity contribution in [1.29, 1.82) is 0 Å². The first-order chi connectivity index (χ1) is 18.4. The summed E-state index contributed by atoms with van der Waals surface area (Å²) in [5.41, 5.74) is 4.08. The number of aliphatic hydroxyl groups is 1. The van der Waals surface area contributed by atoms with E-state index in [0.29, 0.717) is 50.0 Å². The molecule has 8 nitrogen and oxygen atoms in total. The van der Waals surface area contributed by atoms with Gasteiger partial charge in [-0.25, -0.2) is 4.98 Å². The number of rotatable bonds is 3. The molecule has 0 radical (unpaired) electrons. The van der Waals surface area contributed by atoms with Crippen molar-refractivity contribution in [3.8, 4) is 0 Å². The van der Waals surface area contributed by atoms with Crippen molar-refractivity contribution in [2.75, 3.05) is 22.1 Å². The minimum absolute atomic E-state index is 0.0386. The van der Waals surface area contributed by atoms with Gasteiger partial charge >= 0.3 is 0 Å². The van der Waals surface area contributed by atoms with Gasteiger partial charge in [0, 0.05) is 23.1 Å². The van der Waals surface area contributed by atoms with Gasteiger partial charge in [0.1, 0.15) is 12.4 Å². The molecule has 1 aromatic heterocycles. The summed E-state index contributed by atoms with van der Waals surface area (Å²) in [5, 5.41) is 15.9. The first-order valence-electron chi connectivity index (χ1n) is 13.2. The number of aromatic nitrogens is 1. The monoisotopic (exact) mass is 508 g/mol. The van der Waals surface area contributed by atoms with Crippen LogP contribution in [0.15, 0.2) is 60.8 Å². The molecule has 2 spiro atoms. The van der Waals surface area contributed by atoms with Gasteiger partial charge in [-0.05, 0) is 79.5 Å². The highest BCUT2D eigenvalue weighted by Crippen LogP contribution is 2.50. The lowest BCUT2D eigenvalue weighted by atomic mass is 9.69. The van der Waals surface area contributed by atoms with Crippen LogP contribution in [-0.4, -0.2) is 40.5 Å². The van der Waals surface area contributed by atoms with Gasteiger partial charge in [-0.2, -0.15) is 0 Å². The summed E-state index contributed by atoms with van der Waals surface area (Å²) in [6, 6.07) is 17.3. The van der Waals surface area contributed by atoms with Crippen molar-refractivity contribution in [1.82, 2.24) is 4.98 Å². The Bertz CT molecular complexity index is 1510. The van der Waals surface area contributed by atoms with Crippen LogP contribution in [-0.2, 0) is 38.1 Å². The second kappa shape index (κ2) is 8.23. The van der Waals surface area contributed by atoms with E-state index in [1.54, 1.807) is 11.1 Å². The van der Waals surface area contributed by atoms with Crippen molar-refractivity contribution in [3.63, 3.8) is 0 Å². The molecule has 1 fully saturated rings. The maximum atomic E-state index is 13.7. The molecule has 1 unspecified atom stereocenters. The van der Waals surface area contributed by atoms with Gasteiger partial charge in [-0.3, -0.25) is 14.4 Å². The quantitative estimate of drug-likeness (QED) is 0.503. The normalized spacial score (nSPS) is 26.9. The van der Waals surface area contributed by atoms with Crippen LogP contribution < -0.4 is 15.5 Å². The van der Waals surface area contributed by atoms with Gasteiger partial charge in [0.05, 0.1) is 16.9 Å². The third kappa shape index (κ3) is 3.26. The Hall–Kier alpha value is -4.04. The molecule has 192 valence electrons. The van der Waals surface area contributed by atoms with Crippen LogP contribution in [0, 0.1) is 0 Å². The molecule has 2 aromatic carbocycles. The van der Waals surface area contributed by atoms with Crippen molar-refractivity contribution >= 4 is 34.9 Å². The summed E-state index contributed by atoms with van der Waals surface area (Å²) in [7, 11) is 0. The van der Waals surface area contributed by atoms with E-state index in [1.165, 1.54) is 0 Å². The predicted molar refractivity (Wildman–Crippen MR) is 142 cm³/mol. The van der Waals surface area contributed by atoms with Crippen molar-refractivity contribution in [3.05, 3.63) is 83.0 Å². The van der Waals surface area contributed by atoms with Gasteiger partial charge in [0.2, 0.25) is 17.7 Å². The molecule has 0 saturated heterocycles. The minimum Gasteiger partial charge on any atom is -0.393 e. The molecule has 1 atom stereocenters. The Morgan fingerprint density at radius 3 is 2.61 bits per heavy atom. The lowest BCUT2D eigenvalue weighted by Gasteiger charge is -2.34. The fourth-order valence-electron chi connectivity index (χ4n) is 7.02. The SMILES string of the molecule is O=C(CN1C(=O)C2(CCC(O)CC2)c2ccccc21)Nc1ccc2c(c1)CC1(C2)C(=O)Nc2ncccc21. The van der Waals surface area contributed by atoms with Crippen LogP contribution in [0.2, 0.25) is 0 Å². The van der Waals surface area contributed by atoms with Gasteiger partial charge in [0.15, 0.2) is 0 Å². The number of benzene rings is 2.